The molecule has 124 valence electrons. The zero-order valence-corrected chi connectivity index (χ0v) is 13.4. The summed E-state index contributed by atoms with van der Waals surface area (Å²) in [6.07, 6.45) is -0.168. The Morgan fingerprint density at radius 2 is 2.13 bits per heavy atom. The summed E-state index contributed by atoms with van der Waals surface area (Å²) < 4.78 is 10.3. The van der Waals surface area contributed by atoms with Gasteiger partial charge in [0.15, 0.2) is 5.76 Å². The standard InChI is InChI=1S/C17H22N2O4/c1-12-8-15(23-19-12)10-22-11-17(21)18-13(2)16(20)9-14-6-4-3-5-7-14/h3-8,13,16,20H,9-11H2,1-2H3,(H,18,21)/t13-,16+/m0/s1. The van der Waals surface area contributed by atoms with Gasteiger partial charge < -0.3 is 19.7 Å². The molecule has 23 heavy (non-hydrogen) atoms. The van der Waals surface area contributed by atoms with Crippen molar-refractivity contribution in [1.29, 1.82) is 0 Å². The average molecular weight is 318 g/mol. The molecule has 0 saturated carbocycles. The third kappa shape index (κ3) is 5.84. The van der Waals surface area contributed by atoms with E-state index in [1.54, 1.807) is 13.0 Å². The monoisotopic (exact) mass is 318 g/mol. The minimum absolute atomic E-state index is 0.0951. The van der Waals surface area contributed by atoms with Crippen LogP contribution in [0.5, 0.6) is 0 Å². The van der Waals surface area contributed by atoms with Gasteiger partial charge in [0.2, 0.25) is 5.91 Å². The number of carbonyl (C=O) groups excluding carboxylic acids is 1. The van der Waals surface area contributed by atoms with E-state index in [9.17, 15) is 9.90 Å². The number of aromatic nitrogens is 1. The van der Waals surface area contributed by atoms with E-state index in [0.717, 1.165) is 11.3 Å². The van der Waals surface area contributed by atoms with Gasteiger partial charge in [-0.25, -0.2) is 0 Å². The van der Waals surface area contributed by atoms with E-state index < -0.39 is 6.10 Å². The molecule has 6 nitrogen and oxygen atoms in total. The number of carbonyl (C=O) groups is 1. The number of aliphatic hydroxyl groups excluding tert-OH is 1. The van der Waals surface area contributed by atoms with Crippen molar-refractivity contribution >= 4 is 5.91 Å². The number of aliphatic hydroxyl groups is 1. The Balaban J connectivity index is 1.69. The summed E-state index contributed by atoms with van der Waals surface area (Å²) in [5.41, 5.74) is 1.80. The van der Waals surface area contributed by atoms with Gasteiger partial charge in [0.1, 0.15) is 13.2 Å². The number of benzene rings is 1. The van der Waals surface area contributed by atoms with Crippen molar-refractivity contribution in [3.63, 3.8) is 0 Å². The molecular formula is C17H22N2O4. The number of ether oxygens (including phenoxy) is 1. The lowest BCUT2D eigenvalue weighted by molar-refractivity contribution is -0.127. The highest BCUT2D eigenvalue weighted by molar-refractivity contribution is 5.77. The third-order valence-electron chi connectivity index (χ3n) is 3.41. The van der Waals surface area contributed by atoms with Crippen LogP contribution in [0.15, 0.2) is 40.9 Å². The van der Waals surface area contributed by atoms with Crippen molar-refractivity contribution < 1.29 is 19.2 Å². The lowest BCUT2D eigenvalue weighted by atomic mass is 10.0. The zero-order chi connectivity index (χ0) is 16.7. The molecule has 2 rings (SSSR count). The molecule has 1 amide bonds. The molecule has 2 aromatic rings. The van der Waals surface area contributed by atoms with Crippen LogP contribution in [0.4, 0.5) is 0 Å². The fourth-order valence-electron chi connectivity index (χ4n) is 2.15. The highest BCUT2D eigenvalue weighted by Gasteiger charge is 2.17. The van der Waals surface area contributed by atoms with Crippen molar-refractivity contribution in [2.75, 3.05) is 6.61 Å². The van der Waals surface area contributed by atoms with Crippen molar-refractivity contribution in [3.05, 3.63) is 53.4 Å². The van der Waals surface area contributed by atoms with Gasteiger partial charge in [0.25, 0.3) is 0 Å². The van der Waals surface area contributed by atoms with Crippen molar-refractivity contribution in [2.45, 2.75) is 39.0 Å². The van der Waals surface area contributed by atoms with Gasteiger partial charge in [-0.1, -0.05) is 35.5 Å². The molecule has 0 unspecified atom stereocenters. The fraction of sp³-hybridized carbons (Fsp3) is 0.412. The number of nitrogens with zero attached hydrogens (tertiary/aromatic N) is 1. The summed E-state index contributed by atoms with van der Waals surface area (Å²) in [6, 6.07) is 11.0. The Hall–Kier alpha value is -2.18. The minimum atomic E-state index is -0.654. The first kappa shape index (κ1) is 17.2. The normalized spacial score (nSPS) is 13.5. The Labute approximate surface area is 135 Å². The highest BCUT2D eigenvalue weighted by Crippen LogP contribution is 2.06. The average Bonchev–Trinajstić information content (AvgIpc) is 2.93. The van der Waals surface area contributed by atoms with Gasteiger partial charge in [0, 0.05) is 12.5 Å². The second-order valence-corrected chi connectivity index (χ2v) is 5.54. The largest absolute Gasteiger partial charge is 0.391 e. The predicted molar refractivity (Wildman–Crippen MR) is 84.7 cm³/mol. The van der Waals surface area contributed by atoms with E-state index in [1.807, 2.05) is 37.3 Å². The molecule has 0 aliphatic heterocycles. The molecule has 1 heterocycles. The Morgan fingerprint density at radius 3 is 2.78 bits per heavy atom. The van der Waals surface area contributed by atoms with Crippen LogP contribution in [0.25, 0.3) is 0 Å². The Bertz CT molecular complexity index is 612. The van der Waals surface area contributed by atoms with Crippen molar-refractivity contribution in [2.24, 2.45) is 0 Å². The summed E-state index contributed by atoms with van der Waals surface area (Å²) in [4.78, 5) is 11.8. The van der Waals surface area contributed by atoms with E-state index in [0.29, 0.717) is 12.2 Å². The van der Waals surface area contributed by atoms with Crippen molar-refractivity contribution in [1.82, 2.24) is 10.5 Å². The molecule has 0 radical (unpaired) electrons. The van der Waals surface area contributed by atoms with E-state index in [1.165, 1.54) is 0 Å². The summed E-state index contributed by atoms with van der Waals surface area (Å²) in [7, 11) is 0. The molecule has 2 N–H and O–H groups in total. The van der Waals surface area contributed by atoms with E-state index in [-0.39, 0.29) is 25.2 Å². The van der Waals surface area contributed by atoms with Crippen LogP contribution in [0.3, 0.4) is 0 Å². The molecule has 0 bridgehead atoms. The van der Waals surface area contributed by atoms with Crippen molar-refractivity contribution in [3.8, 4) is 0 Å². The summed E-state index contributed by atoms with van der Waals surface area (Å²) >= 11 is 0. The molecule has 0 fully saturated rings. The van der Waals surface area contributed by atoms with Crippen LogP contribution in [-0.2, 0) is 22.6 Å². The highest BCUT2D eigenvalue weighted by atomic mass is 16.5. The second kappa shape index (κ2) is 8.45. The maximum Gasteiger partial charge on any atom is 0.246 e. The maximum atomic E-state index is 11.8. The zero-order valence-electron chi connectivity index (χ0n) is 13.4. The van der Waals surface area contributed by atoms with Crippen LogP contribution in [0, 0.1) is 6.92 Å². The summed E-state index contributed by atoms with van der Waals surface area (Å²) in [5.74, 6) is 0.299. The molecule has 0 saturated heterocycles. The topological polar surface area (TPSA) is 84.6 Å². The molecule has 1 aromatic heterocycles. The quantitative estimate of drug-likeness (QED) is 0.772. The van der Waals surface area contributed by atoms with Gasteiger partial charge >= 0.3 is 0 Å². The smallest absolute Gasteiger partial charge is 0.246 e. The van der Waals surface area contributed by atoms with Gasteiger partial charge in [-0.05, 0) is 19.4 Å². The number of nitrogens with one attached hydrogen (secondary N) is 1. The van der Waals surface area contributed by atoms with E-state index in [4.69, 9.17) is 9.26 Å². The molecule has 0 spiro atoms. The van der Waals surface area contributed by atoms with Gasteiger partial charge in [-0.3, -0.25) is 4.79 Å². The first-order valence-corrected chi connectivity index (χ1v) is 7.56. The first-order chi connectivity index (χ1) is 11.0. The van der Waals surface area contributed by atoms with Crippen LogP contribution in [-0.4, -0.2) is 34.9 Å². The number of aryl methyl sites for hydroxylation is 1. The molecule has 1 aromatic carbocycles. The molecule has 6 heteroatoms. The van der Waals surface area contributed by atoms with Gasteiger partial charge in [-0.2, -0.15) is 0 Å². The summed E-state index contributed by atoms with van der Waals surface area (Å²) in [6.45, 7) is 3.68. The van der Waals surface area contributed by atoms with Gasteiger partial charge in [-0.15, -0.1) is 0 Å². The Morgan fingerprint density at radius 1 is 1.39 bits per heavy atom. The number of rotatable bonds is 8. The number of hydrogen-bond acceptors (Lipinski definition) is 5. The SMILES string of the molecule is Cc1cc(COCC(=O)N[C@@H](C)[C@H](O)Cc2ccccc2)on1. The molecule has 0 aliphatic carbocycles. The van der Waals surface area contributed by atoms with Gasteiger partial charge in [0.05, 0.1) is 17.8 Å². The number of amides is 1. The Kier molecular flexibility index (Phi) is 6.31. The number of hydrogen-bond donors (Lipinski definition) is 2. The summed E-state index contributed by atoms with van der Waals surface area (Å²) in [5, 5.41) is 16.6. The molecule has 0 aliphatic rings. The lowest BCUT2D eigenvalue weighted by Gasteiger charge is -2.20. The third-order valence-corrected chi connectivity index (χ3v) is 3.41. The van der Waals surface area contributed by atoms with Crippen LogP contribution in [0.2, 0.25) is 0 Å². The molecular weight excluding hydrogens is 296 g/mol. The van der Waals surface area contributed by atoms with Crippen LogP contribution < -0.4 is 5.32 Å². The second-order valence-electron chi connectivity index (χ2n) is 5.54. The molecule has 2 atom stereocenters. The fourth-order valence-corrected chi connectivity index (χ4v) is 2.15. The predicted octanol–water partition coefficient (Wildman–Crippen LogP) is 1.61. The van der Waals surface area contributed by atoms with E-state index in [2.05, 4.69) is 10.5 Å². The lowest BCUT2D eigenvalue weighted by Crippen LogP contribution is -2.43. The maximum absolute atomic E-state index is 11.8. The minimum Gasteiger partial charge on any atom is -0.391 e. The van der Waals surface area contributed by atoms with Crippen LogP contribution in [0.1, 0.15) is 23.9 Å². The van der Waals surface area contributed by atoms with Crippen LogP contribution >= 0.6 is 0 Å². The first-order valence-electron chi connectivity index (χ1n) is 7.56. The van der Waals surface area contributed by atoms with E-state index >= 15 is 0 Å².